The number of aliphatic hydroxyl groups excluding tert-OH is 1. The van der Waals surface area contributed by atoms with Gasteiger partial charge in [-0.3, -0.25) is 9.59 Å². The molecule has 0 fully saturated rings. The van der Waals surface area contributed by atoms with Crippen LogP contribution in [0.2, 0.25) is 0 Å². The second-order valence-electron chi connectivity index (χ2n) is 6.44. The summed E-state index contributed by atoms with van der Waals surface area (Å²) in [7, 11) is 0. The molecule has 0 bridgehead atoms. The molecule has 1 atom stereocenters. The molecule has 0 saturated heterocycles. The van der Waals surface area contributed by atoms with Crippen molar-refractivity contribution in [1.29, 1.82) is 0 Å². The summed E-state index contributed by atoms with van der Waals surface area (Å²) in [5.74, 6) is -4.08. The number of carbonyl (C=O) groups excluding carboxylic acids is 2. The minimum atomic E-state index is -1.12. The Balaban J connectivity index is 2.60. The first-order valence-corrected chi connectivity index (χ1v) is 7.27. The van der Waals surface area contributed by atoms with Gasteiger partial charge in [0.05, 0.1) is 6.10 Å². The van der Waals surface area contributed by atoms with Crippen LogP contribution in [0.4, 0.5) is 14.5 Å². The topological polar surface area (TPSA) is 78.4 Å². The molecule has 2 amide bonds. The molecule has 1 aromatic rings. The van der Waals surface area contributed by atoms with E-state index in [1.165, 1.54) is 0 Å². The van der Waals surface area contributed by atoms with Crippen molar-refractivity contribution in [2.45, 2.75) is 33.8 Å². The molecule has 1 rings (SSSR count). The maximum absolute atomic E-state index is 13.0. The Morgan fingerprint density at radius 2 is 1.78 bits per heavy atom. The van der Waals surface area contributed by atoms with Crippen molar-refractivity contribution in [3.63, 3.8) is 0 Å². The first kappa shape index (κ1) is 19.0. The molecule has 0 spiro atoms. The Morgan fingerprint density at radius 1 is 1.17 bits per heavy atom. The van der Waals surface area contributed by atoms with Gasteiger partial charge in [-0.05, 0) is 18.1 Å². The first-order chi connectivity index (χ1) is 10.5. The second-order valence-corrected chi connectivity index (χ2v) is 6.44. The van der Waals surface area contributed by atoms with Gasteiger partial charge in [0.1, 0.15) is 0 Å². The van der Waals surface area contributed by atoms with Crippen molar-refractivity contribution in [3.05, 3.63) is 29.8 Å². The minimum absolute atomic E-state index is 0.00193. The Morgan fingerprint density at radius 3 is 2.30 bits per heavy atom. The van der Waals surface area contributed by atoms with Gasteiger partial charge in [-0.25, -0.2) is 8.78 Å². The number of hydrogen-bond acceptors (Lipinski definition) is 3. The molecule has 7 heteroatoms. The van der Waals surface area contributed by atoms with Gasteiger partial charge in [-0.15, -0.1) is 0 Å². The highest BCUT2D eigenvalue weighted by Gasteiger charge is 2.31. The smallest absolute Gasteiger partial charge is 0.313 e. The molecule has 0 aliphatic rings. The van der Waals surface area contributed by atoms with Crippen LogP contribution in [-0.4, -0.2) is 29.6 Å². The zero-order valence-corrected chi connectivity index (χ0v) is 13.6. The Kier molecular flexibility index (Phi) is 6.20. The molecule has 23 heavy (non-hydrogen) atoms. The molecule has 1 aromatic carbocycles. The SMILES string of the molecule is CC(C)C(O)C(C)(C)CNC(=O)C(=O)Nc1ccc(F)c(F)c1. The van der Waals surface area contributed by atoms with Gasteiger partial charge >= 0.3 is 11.8 Å². The average molecular weight is 328 g/mol. The van der Waals surface area contributed by atoms with Gasteiger partial charge in [-0.2, -0.15) is 0 Å². The van der Waals surface area contributed by atoms with E-state index in [1.807, 2.05) is 13.8 Å². The van der Waals surface area contributed by atoms with Crippen LogP contribution in [0.15, 0.2) is 18.2 Å². The summed E-state index contributed by atoms with van der Waals surface area (Å²) in [5, 5.41) is 14.7. The third kappa shape index (κ3) is 5.28. The highest BCUT2D eigenvalue weighted by atomic mass is 19.2. The zero-order chi connectivity index (χ0) is 17.8. The number of aliphatic hydroxyl groups is 1. The van der Waals surface area contributed by atoms with Crippen molar-refractivity contribution in [2.75, 3.05) is 11.9 Å². The number of nitrogens with one attached hydrogen (secondary N) is 2. The molecule has 0 aliphatic carbocycles. The van der Waals surface area contributed by atoms with Crippen LogP contribution < -0.4 is 10.6 Å². The number of benzene rings is 1. The van der Waals surface area contributed by atoms with Gasteiger partial charge in [0, 0.05) is 23.7 Å². The molecule has 3 N–H and O–H groups in total. The normalized spacial score (nSPS) is 12.9. The predicted octanol–water partition coefficient (Wildman–Crippen LogP) is 2.06. The summed E-state index contributed by atoms with van der Waals surface area (Å²) < 4.78 is 25.8. The van der Waals surface area contributed by atoms with E-state index in [2.05, 4.69) is 10.6 Å². The van der Waals surface area contributed by atoms with Gasteiger partial charge in [-0.1, -0.05) is 27.7 Å². The molecule has 5 nitrogen and oxygen atoms in total. The summed E-state index contributed by atoms with van der Waals surface area (Å²) in [4.78, 5) is 23.5. The van der Waals surface area contributed by atoms with E-state index in [9.17, 15) is 23.5 Å². The summed E-state index contributed by atoms with van der Waals surface area (Å²) in [6, 6.07) is 2.79. The fraction of sp³-hybridized carbons (Fsp3) is 0.500. The summed E-state index contributed by atoms with van der Waals surface area (Å²) >= 11 is 0. The van der Waals surface area contributed by atoms with E-state index < -0.39 is 35.0 Å². The average Bonchev–Trinajstić information content (AvgIpc) is 2.47. The second kappa shape index (κ2) is 7.50. The largest absolute Gasteiger partial charge is 0.392 e. The van der Waals surface area contributed by atoms with Crippen molar-refractivity contribution in [1.82, 2.24) is 5.32 Å². The van der Waals surface area contributed by atoms with Crippen molar-refractivity contribution < 1.29 is 23.5 Å². The Labute approximate surface area is 134 Å². The molecule has 0 radical (unpaired) electrons. The van der Waals surface area contributed by atoms with Crippen LogP contribution in [-0.2, 0) is 9.59 Å². The van der Waals surface area contributed by atoms with Crippen LogP contribution >= 0.6 is 0 Å². The molecule has 0 saturated carbocycles. The zero-order valence-electron chi connectivity index (χ0n) is 13.6. The van der Waals surface area contributed by atoms with Crippen LogP contribution in [0.25, 0.3) is 0 Å². The maximum atomic E-state index is 13.0. The number of anilines is 1. The number of carbonyl (C=O) groups is 2. The molecule has 128 valence electrons. The third-order valence-corrected chi connectivity index (χ3v) is 3.52. The number of hydrogen-bond donors (Lipinski definition) is 3. The van der Waals surface area contributed by atoms with Crippen molar-refractivity contribution >= 4 is 17.5 Å². The fourth-order valence-electron chi connectivity index (χ4n) is 2.16. The molecule has 0 heterocycles. The van der Waals surface area contributed by atoms with Crippen molar-refractivity contribution in [3.8, 4) is 0 Å². The minimum Gasteiger partial charge on any atom is -0.392 e. The summed E-state index contributed by atoms with van der Waals surface area (Å²) in [5.41, 5.74) is -0.642. The number of halogens is 2. The van der Waals surface area contributed by atoms with Crippen LogP contribution in [0.5, 0.6) is 0 Å². The first-order valence-electron chi connectivity index (χ1n) is 7.27. The van der Waals surface area contributed by atoms with E-state index >= 15 is 0 Å². The third-order valence-electron chi connectivity index (χ3n) is 3.52. The standard InChI is InChI=1S/C16H22F2N2O3/c1-9(2)13(21)16(3,4)8-19-14(22)15(23)20-10-5-6-11(17)12(18)7-10/h5-7,9,13,21H,8H2,1-4H3,(H,19,22)(H,20,23). The predicted molar refractivity (Wildman–Crippen MR) is 82.6 cm³/mol. The summed E-state index contributed by atoms with van der Waals surface area (Å²) in [6.45, 7) is 7.33. The molecular weight excluding hydrogens is 306 g/mol. The van der Waals surface area contributed by atoms with Gasteiger partial charge in [0.25, 0.3) is 0 Å². The molecule has 1 unspecified atom stereocenters. The van der Waals surface area contributed by atoms with Crippen LogP contribution in [0.3, 0.4) is 0 Å². The van der Waals surface area contributed by atoms with E-state index in [4.69, 9.17) is 0 Å². The number of amides is 2. The van der Waals surface area contributed by atoms with Crippen LogP contribution in [0.1, 0.15) is 27.7 Å². The lowest BCUT2D eigenvalue weighted by Crippen LogP contribution is -2.46. The lowest BCUT2D eigenvalue weighted by molar-refractivity contribution is -0.136. The highest BCUT2D eigenvalue weighted by molar-refractivity contribution is 6.39. The Bertz CT molecular complexity index is 589. The quantitative estimate of drug-likeness (QED) is 0.724. The van der Waals surface area contributed by atoms with E-state index in [-0.39, 0.29) is 18.2 Å². The van der Waals surface area contributed by atoms with Gasteiger partial charge in [0.2, 0.25) is 0 Å². The lowest BCUT2D eigenvalue weighted by atomic mass is 9.81. The molecule has 0 aliphatic heterocycles. The van der Waals surface area contributed by atoms with E-state index in [0.717, 1.165) is 18.2 Å². The molecular formula is C16H22F2N2O3. The van der Waals surface area contributed by atoms with Gasteiger partial charge in [0.15, 0.2) is 11.6 Å². The monoisotopic (exact) mass is 328 g/mol. The van der Waals surface area contributed by atoms with E-state index in [0.29, 0.717) is 0 Å². The highest BCUT2D eigenvalue weighted by Crippen LogP contribution is 2.25. The fourth-order valence-corrected chi connectivity index (χ4v) is 2.16. The van der Waals surface area contributed by atoms with Gasteiger partial charge < -0.3 is 15.7 Å². The van der Waals surface area contributed by atoms with E-state index in [1.54, 1.807) is 13.8 Å². The number of rotatable bonds is 5. The Hall–Kier alpha value is -2.02. The lowest BCUT2D eigenvalue weighted by Gasteiger charge is -2.33. The summed E-state index contributed by atoms with van der Waals surface area (Å²) in [6.07, 6.45) is -0.656. The van der Waals surface area contributed by atoms with Crippen molar-refractivity contribution in [2.24, 2.45) is 11.3 Å². The maximum Gasteiger partial charge on any atom is 0.313 e. The van der Waals surface area contributed by atoms with Crippen LogP contribution in [0, 0.1) is 23.0 Å². The molecule has 0 aromatic heterocycles.